The molecule has 0 unspecified atom stereocenters. The molecule has 24 heavy (non-hydrogen) atoms. The highest BCUT2D eigenvalue weighted by molar-refractivity contribution is 6.30. The number of anilines is 1. The zero-order valence-electron chi connectivity index (χ0n) is 12.6. The fourth-order valence-corrected chi connectivity index (χ4v) is 2.81. The molecule has 0 aliphatic rings. The van der Waals surface area contributed by atoms with Gasteiger partial charge in [-0.2, -0.15) is 0 Å². The Labute approximate surface area is 144 Å². The molecule has 2 heterocycles. The average Bonchev–Trinajstić information content (AvgIpc) is 2.62. The fourth-order valence-electron chi connectivity index (χ4n) is 2.62. The van der Waals surface area contributed by atoms with E-state index in [0.29, 0.717) is 16.7 Å². The van der Waals surface area contributed by atoms with Crippen LogP contribution in [-0.2, 0) is 0 Å². The van der Waals surface area contributed by atoms with Gasteiger partial charge in [-0.05, 0) is 47.5 Å². The SMILES string of the molecule is Nc1nc(-c2cccnc2)nc2ccc(-c3cccc(Cl)c3)cc12. The molecule has 4 aromatic rings. The number of benzene rings is 2. The van der Waals surface area contributed by atoms with Gasteiger partial charge in [0, 0.05) is 28.4 Å². The largest absolute Gasteiger partial charge is 0.383 e. The quantitative estimate of drug-likeness (QED) is 0.583. The maximum atomic E-state index is 6.17. The summed E-state index contributed by atoms with van der Waals surface area (Å²) in [5.41, 5.74) is 9.86. The van der Waals surface area contributed by atoms with Crippen LogP contribution in [0.5, 0.6) is 0 Å². The minimum absolute atomic E-state index is 0.447. The van der Waals surface area contributed by atoms with Gasteiger partial charge in [-0.25, -0.2) is 9.97 Å². The van der Waals surface area contributed by atoms with E-state index in [1.165, 1.54) is 0 Å². The molecular weight excluding hydrogens is 320 g/mol. The van der Waals surface area contributed by atoms with E-state index in [1.54, 1.807) is 12.4 Å². The van der Waals surface area contributed by atoms with Crippen LogP contribution >= 0.6 is 11.6 Å². The first-order valence-corrected chi connectivity index (χ1v) is 7.82. The van der Waals surface area contributed by atoms with E-state index in [0.717, 1.165) is 27.6 Å². The molecular formula is C19H13ClN4. The summed E-state index contributed by atoms with van der Waals surface area (Å²) in [6.07, 6.45) is 3.44. The zero-order valence-corrected chi connectivity index (χ0v) is 13.4. The van der Waals surface area contributed by atoms with Gasteiger partial charge in [-0.1, -0.05) is 29.8 Å². The van der Waals surface area contributed by atoms with Gasteiger partial charge in [0.05, 0.1) is 5.52 Å². The highest BCUT2D eigenvalue weighted by Gasteiger charge is 2.09. The van der Waals surface area contributed by atoms with Crippen molar-refractivity contribution < 1.29 is 0 Å². The third kappa shape index (κ3) is 2.68. The van der Waals surface area contributed by atoms with Gasteiger partial charge in [0.2, 0.25) is 0 Å². The summed E-state index contributed by atoms with van der Waals surface area (Å²) >= 11 is 6.08. The summed E-state index contributed by atoms with van der Waals surface area (Å²) < 4.78 is 0. The lowest BCUT2D eigenvalue weighted by Crippen LogP contribution is -1.98. The lowest BCUT2D eigenvalue weighted by Gasteiger charge is -2.08. The van der Waals surface area contributed by atoms with E-state index in [2.05, 4.69) is 15.0 Å². The van der Waals surface area contributed by atoms with Gasteiger partial charge < -0.3 is 5.73 Å². The van der Waals surface area contributed by atoms with Crippen molar-refractivity contribution in [1.29, 1.82) is 0 Å². The maximum Gasteiger partial charge on any atom is 0.163 e. The molecule has 4 nitrogen and oxygen atoms in total. The van der Waals surface area contributed by atoms with Crippen LogP contribution in [0.4, 0.5) is 5.82 Å². The van der Waals surface area contributed by atoms with Crippen molar-refractivity contribution in [2.45, 2.75) is 0 Å². The fraction of sp³-hybridized carbons (Fsp3) is 0. The third-order valence-electron chi connectivity index (χ3n) is 3.80. The normalized spacial score (nSPS) is 10.9. The van der Waals surface area contributed by atoms with E-state index >= 15 is 0 Å². The monoisotopic (exact) mass is 332 g/mol. The first-order chi connectivity index (χ1) is 11.7. The summed E-state index contributed by atoms with van der Waals surface area (Å²) in [6, 6.07) is 17.4. The molecule has 0 atom stereocenters. The Morgan fingerprint density at radius 1 is 0.833 bits per heavy atom. The Balaban J connectivity index is 1.85. The second kappa shape index (κ2) is 5.91. The van der Waals surface area contributed by atoms with Crippen LogP contribution in [0.15, 0.2) is 67.0 Å². The van der Waals surface area contributed by atoms with Crippen LogP contribution < -0.4 is 5.73 Å². The second-order valence-corrected chi connectivity index (χ2v) is 5.85. The molecule has 0 radical (unpaired) electrons. The topological polar surface area (TPSA) is 64.7 Å². The molecule has 0 spiro atoms. The van der Waals surface area contributed by atoms with E-state index in [1.807, 2.05) is 54.6 Å². The van der Waals surface area contributed by atoms with Gasteiger partial charge in [0.15, 0.2) is 5.82 Å². The number of rotatable bonds is 2. The molecule has 0 bridgehead atoms. The molecule has 4 rings (SSSR count). The molecule has 0 aliphatic heterocycles. The Morgan fingerprint density at radius 3 is 2.46 bits per heavy atom. The highest BCUT2D eigenvalue weighted by atomic mass is 35.5. The number of nitrogens with zero attached hydrogens (tertiary/aromatic N) is 3. The van der Waals surface area contributed by atoms with Crippen LogP contribution in [-0.4, -0.2) is 15.0 Å². The number of nitrogens with two attached hydrogens (primary N) is 1. The zero-order chi connectivity index (χ0) is 16.5. The number of aromatic nitrogens is 3. The molecule has 2 aromatic heterocycles. The molecule has 0 aliphatic carbocycles. The number of halogens is 1. The molecule has 0 saturated carbocycles. The second-order valence-electron chi connectivity index (χ2n) is 5.42. The smallest absolute Gasteiger partial charge is 0.163 e. The van der Waals surface area contributed by atoms with Crippen molar-refractivity contribution in [1.82, 2.24) is 15.0 Å². The first kappa shape index (κ1) is 14.6. The van der Waals surface area contributed by atoms with Gasteiger partial charge >= 0.3 is 0 Å². The third-order valence-corrected chi connectivity index (χ3v) is 4.04. The van der Waals surface area contributed by atoms with Crippen LogP contribution in [0.1, 0.15) is 0 Å². The molecule has 2 aromatic carbocycles. The first-order valence-electron chi connectivity index (χ1n) is 7.44. The molecule has 0 amide bonds. The molecule has 0 saturated heterocycles. The minimum atomic E-state index is 0.447. The maximum absolute atomic E-state index is 6.17. The van der Waals surface area contributed by atoms with Crippen LogP contribution in [0.25, 0.3) is 33.4 Å². The van der Waals surface area contributed by atoms with Gasteiger partial charge in [-0.3, -0.25) is 4.98 Å². The number of hydrogen-bond donors (Lipinski definition) is 1. The van der Waals surface area contributed by atoms with Crippen molar-refractivity contribution >= 4 is 28.3 Å². The summed E-state index contributed by atoms with van der Waals surface area (Å²) in [7, 11) is 0. The van der Waals surface area contributed by atoms with Crippen molar-refractivity contribution in [3.8, 4) is 22.5 Å². The van der Waals surface area contributed by atoms with Crippen LogP contribution in [0.3, 0.4) is 0 Å². The molecule has 2 N–H and O–H groups in total. The van der Waals surface area contributed by atoms with E-state index in [4.69, 9.17) is 17.3 Å². The van der Waals surface area contributed by atoms with Crippen molar-refractivity contribution in [2.75, 3.05) is 5.73 Å². The van der Waals surface area contributed by atoms with Gasteiger partial charge in [0.1, 0.15) is 5.82 Å². The summed E-state index contributed by atoms with van der Waals surface area (Å²) in [5, 5.41) is 1.52. The van der Waals surface area contributed by atoms with Gasteiger partial charge in [-0.15, -0.1) is 0 Å². The summed E-state index contributed by atoms with van der Waals surface area (Å²) in [6.45, 7) is 0. The summed E-state index contributed by atoms with van der Waals surface area (Å²) in [4.78, 5) is 13.1. The molecule has 116 valence electrons. The van der Waals surface area contributed by atoms with E-state index < -0.39 is 0 Å². The number of pyridine rings is 1. The molecule has 0 fully saturated rings. The number of hydrogen-bond acceptors (Lipinski definition) is 4. The number of nitrogen functional groups attached to an aromatic ring is 1. The standard InChI is InChI=1S/C19H13ClN4/c20-15-5-1-3-12(9-15)13-6-7-17-16(10-13)18(21)24-19(23-17)14-4-2-8-22-11-14/h1-11H,(H2,21,23,24). The van der Waals surface area contributed by atoms with Crippen molar-refractivity contribution in [2.24, 2.45) is 0 Å². The highest BCUT2D eigenvalue weighted by Crippen LogP contribution is 2.29. The Bertz CT molecular complexity index is 1030. The van der Waals surface area contributed by atoms with E-state index in [-0.39, 0.29) is 0 Å². The van der Waals surface area contributed by atoms with Crippen LogP contribution in [0, 0.1) is 0 Å². The lowest BCUT2D eigenvalue weighted by molar-refractivity contribution is 1.21. The summed E-state index contributed by atoms with van der Waals surface area (Å²) in [5.74, 6) is 1.02. The predicted octanol–water partition coefficient (Wildman–Crippen LogP) is 4.59. The van der Waals surface area contributed by atoms with Gasteiger partial charge in [0.25, 0.3) is 0 Å². The molecule has 5 heteroatoms. The van der Waals surface area contributed by atoms with Crippen LogP contribution in [0.2, 0.25) is 5.02 Å². The number of fused-ring (bicyclic) bond motifs is 1. The Morgan fingerprint density at radius 2 is 1.67 bits per heavy atom. The predicted molar refractivity (Wildman–Crippen MR) is 97.6 cm³/mol. The van der Waals surface area contributed by atoms with E-state index in [9.17, 15) is 0 Å². The average molecular weight is 333 g/mol. The Kier molecular flexibility index (Phi) is 3.59. The van der Waals surface area contributed by atoms with Crippen molar-refractivity contribution in [3.05, 3.63) is 72.0 Å². The minimum Gasteiger partial charge on any atom is -0.383 e. The Hall–Kier alpha value is -2.98. The van der Waals surface area contributed by atoms with Crippen molar-refractivity contribution in [3.63, 3.8) is 0 Å². The lowest BCUT2D eigenvalue weighted by atomic mass is 10.0.